The molecule has 0 radical (unpaired) electrons. The van der Waals surface area contributed by atoms with Crippen molar-refractivity contribution in [2.24, 2.45) is 0 Å². The van der Waals surface area contributed by atoms with Gasteiger partial charge in [0.05, 0.1) is 0 Å². The van der Waals surface area contributed by atoms with Crippen molar-refractivity contribution in [1.82, 2.24) is 0 Å². The van der Waals surface area contributed by atoms with E-state index in [1.165, 1.54) is 5.56 Å². The quantitative estimate of drug-likeness (QED) is 0.705. The Kier molecular flexibility index (Phi) is 3.16. The molecule has 1 nitrogen and oxygen atoms in total. The highest BCUT2D eigenvalue weighted by Gasteiger charge is 1.98. The molecule has 0 saturated carbocycles. The second kappa shape index (κ2) is 4.75. The van der Waals surface area contributed by atoms with Crippen LogP contribution in [0.2, 0.25) is 0 Å². The zero-order valence-corrected chi connectivity index (χ0v) is 9.31. The third-order valence-electron chi connectivity index (χ3n) is 2.72. The van der Waals surface area contributed by atoms with E-state index in [2.05, 4.69) is 31.2 Å². The summed E-state index contributed by atoms with van der Waals surface area (Å²) in [6.45, 7) is 2.14. The van der Waals surface area contributed by atoms with Crippen LogP contribution < -0.4 is 0 Å². The second-order valence-corrected chi connectivity index (χ2v) is 3.79. The molecule has 0 aliphatic rings. The van der Waals surface area contributed by atoms with Crippen molar-refractivity contribution in [2.45, 2.75) is 13.3 Å². The highest BCUT2D eigenvalue weighted by atomic mass is 16.1. The molecule has 1 heteroatoms. The summed E-state index contributed by atoms with van der Waals surface area (Å²) in [5.41, 5.74) is 4.29. The van der Waals surface area contributed by atoms with E-state index >= 15 is 0 Å². The summed E-state index contributed by atoms with van der Waals surface area (Å²) in [5.74, 6) is 0. The van der Waals surface area contributed by atoms with Gasteiger partial charge in [0.15, 0.2) is 0 Å². The molecule has 0 aliphatic heterocycles. The molecule has 2 aromatic carbocycles. The molecule has 0 amide bonds. The molecule has 80 valence electrons. The molecule has 0 aromatic heterocycles. The molecule has 0 N–H and O–H groups in total. The Balaban J connectivity index is 2.38. The van der Waals surface area contributed by atoms with Gasteiger partial charge in [-0.05, 0) is 29.2 Å². The molecule has 2 aromatic rings. The van der Waals surface area contributed by atoms with Crippen molar-refractivity contribution >= 4 is 6.29 Å². The van der Waals surface area contributed by atoms with E-state index in [1.54, 1.807) is 0 Å². The van der Waals surface area contributed by atoms with Gasteiger partial charge in [0.1, 0.15) is 6.29 Å². The van der Waals surface area contributed by atoms with E-state index in [0.717, 1.165) is 29.4 Å². The van der Waals surface area contributed by atoms with Gasteiger partial charge in [-0.1, -0.05) is 49.4 Å². The zero-order valence-electron chi connectivity index (χ0n) is 9.31. The minimum Gasteiger partial charge on any atom is -0.298 e. The molecule has 0 unspecified atom stereocenters. The maximum absolute atomic E-state index is 10.7. The highest BCUT2D eigenvalue weighted by Crippen LogP contribution is 2.20. The molecule has 16 heavy (non-hydrogen) atoms. The lowest BCUT2D eigenvalue weighted by Gasteiger charge is -2.03. The minimum atomic E-state index is 0.720. The Morgan fingerprint density at radius 1 is 1.00 bits per heavy atom. The summed E-state index contributed by atoms with van der Waals surface area (Å²) in [6.07, 6.45) is 1.93. The Hall–Kier alpha value is -1.89. The number of aldehydes is 1. The number of benzene rings is 2. The van der Waals surface area contributed by atoms with Gasteiger partial charge in [0, 0.05) is 5.56 Å². The van der Waals surface area contributed by atoms with E-state index in [-0.39, 0.29) is 0 Å². The van der Waals surface area contributed by atoms with Crippen molar-refractivity contribution in [1.29, 1.82) is 0 Å². The van der Waals surface area contributed by atoms with Gasteiger partial charge in [-0.2, -0.15) is 0 Å². The Bertz CT molecular complexity index is 483. The lowest BCUT2D eigenvalue weighted by Crippen LogP contribution is -1.84. The summed E-state index contributed by atoms with van der Waals surface area (Å²) in [5, 5.41) is 0. The first-order chi connectivity index (χ1) is 7.83. The molecule has 2 rings (SSSR count). The van der Waals surface area contributed by atoms with Gasteiger partial charge in [-0.3, -0.25) is 4.79 Å². The van der Waals surface area contributed by atoms with Crippen LogP contribution in [0.1, 0.15) is 22.8 Å². The molecule has 0 bridgehead atoms. The van der Waals surface area contributed by atoms with Crippen LogP contribution in [0.5, 0.6) is 0 Å². The highest BCUT2D eigenvalue weighted by molar-refractivity contribution is 5.78. The van der Waals surface area contributed by atoms with E-state index < -0.39 is 0 Å². The maximum Gasteiger partial charge on any atom is 0.150 e. The van der Waals surface area contributed by atoms with Crippen LogP contribution in [0.4, 0.5) is 0 Å². The van der Waals surface area contributed by atoms with Crippen LogP contribution in [0.3, 0.4) is 0 Å². The van der Waals surface area contributed by atoms with Crippen molar-refractivity contribution in [3.05, 3.63) is 59.7 Å². The fourth-order valence-corrected chi connectivity index (χ4v) is 1.72. The zero-order chi connectivity index (χ0) is 11.4. The second-order valence-electron chi connectivity index (χ2n) is 3.79. The van der Waals surface area contributed by atoms with E-state index in [9.17, 15) is 4.79 Å². The van der Waals surface area contributed by atoms with Gasteiger partial charge in [0.25, 0.3) is 0 Å². The maximum atomic E-state index is 10.7. The number of hydrogen-bond donors (Lipinski definition) is 0. The molecule has 0 saturated heterocycles. The molecular weight excluding hydrogens is 196 g/mol. The van der Waals surface area contributed by atoms with Gasteiger partial charge in [0.2, 0.25) is 0 Å². The fraction of sp³-hybridized carbons (Fsp3) is 0.133. The first-order valence-corrected chi connectivity index (χ1v) is 5.48. The van der Waals surface area contributed by atoms with Gasteiger partial charge < -0.3 is 0 Å². The monoisotopic (exact) mass is 210 g/mol. The van der Waals surface area contributed by atoms with Crippen LogP contribution in [0, 0.1) is 0 Å². The summed E-state index contributed by atoms with van der Waals surface area (Å²) in [7, 11) is 0. The van der Waals surface area contributed by atoms with Crippen molar-refractivity contribution in [2.75, 3.05) is 0 Å². The van der Waals surface area contributed by atoms with Gasteiger partial charge in [-0.25, -0.2) is 0 Å². The predicted molar refractivity (Wildman–Crippen MR) is 66.6 cm³/mol. The third kappa shape index (κ3) is 2.19. The van der Waals surface area contributed by atoms with E-state index in [4.69, 9.17) is 0 Å². The summed E-state index contributed by atoms with van der Waals surface area (Å²) >= 11 is 0. The largest absolute Gasteiger partial charge is 0.298 e. The average Bonchev–Trinajstić information content (AvgIpc) is 2.39. The van der Waals surface area contributed by atoms with Crippen molar-refractivity contribution in [3.63, 3.8) is 0 Å². The molecule has 0 spiro atoms. The summed E-state index contributed by atoms with van der Waals surface area (Å²) in [6, 6.07) is 16.1. The lowest BCUT2D eigenvalue weighted by atomic mass is 10.0. The lowest BCUT2D eigenvalue weighted by molar-refractivity contribution is 0.112. The smallest absolute Gasteiger partial charge is 0.150 e. The molecular formula is C15H14O. The number of carbonyl (C=O) groups is 1. The summed E-state index contributed by atoms with van der Waals surface area (Å²) in [4.78, 5) is 10.7. The summed E-state index contributed by atoms with van der Waals surface area (Å²) < 4.78 is 0. The van der Waals surface area contributed by atoms with Gasteiger partial charge in [-0.15, -0.1) is 0 Å². The Morgan fingerprint density at radius 2 is 1.75 bits per heavy atom. The number of carbonyl (C=O) groups excluding carboxylic acids is 1. The van der Waals surface area contributed by atoms with Crippen LogP contribution in [-0.2, 0) is 6.42 Å². The van der Waals surface area contributed by atoms with Crippen LogP contribution in [0.25, 0.3) is 11.1 Å². The minimum absolute atomic E-state index is 0.720. The Labute approximate surface area is 95.7 Å². The average molecular weight is 210 g/mol. The number of rotatable bonds is 3. The standard InChI is InChI=1S/C15H14O/c1-2-12-6-8-14(9-7-12)15-5-3-4-13(10-15)11-16/h3-11H,2H2,1H3. The molecule has 0 aliphatic carbocycles. The fourth-order valence-electron chi connectivity index (χ4n) is 1.72. The van der Waals surface area contributed by atoms with Crippen LogP contribution in [-0.4, -0.2) is 6.29 Å². The predicted octanol–water partition coefficient (Wildman–Crippen LogP) is 3.73. The molecule has 0 heterocycles. The SMILES string of the molecule is CCc1ccc(-c2cccc(C=O)c2)cc1. The first kappa shape index (κ1) is 10.6. The van der Waals surface area contributed by atoms with E-state index in [0.29, 0.717) is 0 Å². The van der Waals surface area contributed by atoms with Crippen molar-refractivity contribution < 1.29 is 4.79 Å². The van der Waals surface area contributed by atoms with Crippen molar-refractivity contribution in [3.8, 4) is 11.1 Å². The van der Waals surface area contributed by atoms with Gasteiger partial charge >= 0.3 is 0 Å². The third-order valence-corrected chi connectivity index (χ3v) is 2.72. The number of aryl methyl sites for hydroxylation is 1. The normalized spacial score (nSPS) is 10.1. The molecule has 0 atom stereocenters. The number of hydrogen-bond acceptors (Lipinski definition) is 1. The van der Waals surface area contributed by atoms with Crippen LogP contribution >= 0.6 is 0 Å². The van der Waals surface area contributed by atoms with E-state index in [1.807, 2.05) is 24.3 Å². The Morgan fingerprint density at radius 3 is 2.38 bits per heavy atom. The topological polar surface area (TPSA) is 17.1 Å². The first-order valence-electron chi connectivity index (χ1n) is 5.48. The van der Waals surface area contributed by atoms with Crippen LogP contribution in [0.15, 0.2) is 48.5 Å². The molecule has 0 fully saturated rings.